The molecule has 4 nitrogen and oxygen atoms in total. The van der Waals surface area contributed by atoms with Crippen molar-refractivity contribution in [1.29, 1.82) is 0 Å². The SMILES string of the molecule is CCN(C)C1CCN(C(=O)OC)C1. The standard InChI is InChI=1S/C9H18N2O2/c1-4-10(2)8-5-6-11(7-8)9(12)13-3/h8H,4-7H2,1-3H3. The van der Waals surface area contributed by atoms with Gasteiger partial charge in [-0.1, -0.05) is 6.92 Å². The molecule has 0 saturated carbocycles. The molecule has 0 N–H and O–H groups in total. The maximum absolute atomic E-state index is 11.2. The molecule has 0 bridgehead atoms. The van der Waals surface area contributed by atoms with Gasteiger partial charge in [-0.2, -0.15) is 0 Å². The minimum atomic E-state index is -0.202. The van der Waals surface area contributed by atoms with E-state index < -0.39 is 0 Å². The van der Waals surface area contributed by atoms with Gasteiger partial charge in [-0.15, -0.1) is 0 Å². The van der Waals surface area contributed by atoms with Crippen molar-refractivity contribution in [2.75, 3.05) is 33.8 Å². The van der Waals surface area contributed by atoms with Gasteiger partial charge in [-0.3, -0.25) is 0 Å². The second-order valence-corrected chi connectivity index (χ2v) is 3.43. The van der Waals surface area contributed by atoms with Crippen LogP contribution in [0.1, 0.15) is 13.3 Å². The Labute approximate surface area is 79.4 Å². The Morgan fingerprint density at radius 3 is 2.92 bits per heavy atom. The fourth-order valence-corrected chi connectivity index (χ4v) is 1.65. The van der Waals surface area contributed by atoms with Gasteiger partial charge >= 0.3 is 6.09 Å². The van der Waals surface area contributed by atoms with E-state index in [2.05, 4.69) is 23.6 Å². The summed E-state index contributed by atoms with van der Waals surface area (Å²) in [6.45, 7) is 4.78. The second kappa shape index (κ2) is 4.46. The Balaban J connectivity index is 2.40. The molecule has 1 rings (SSSR count). The van der Waals surface area contributed by atoms with Crippen LogP contribution in [0.2, 0.25) is 0 Å². The third-order valence-electron chi connectivity index (χ3n) is 2.72. The number of carbonyl (C=O) groups excluding carboxylic acids is 1. The Morgan fingerprint density at radius 2 is 2.38 bits per heavy atom. The van der Waals surface area contributed by atoms with Gasteiger partial charge in [0.25, 0.3) is 0 Å². The number of ether oxygens (including phenoxy) is 1. The Bertz CT molecular complexity index is 184. The zero-order valence-electron chi connectivity index (χ0n) is 8.62. The lowest BCUT2D eigenvalue weighted by molar-refractivity contribution is 0.129. The van der Waals surface area contributed by atoms with Crippen molar-refractivity contribution in [3.63, 3.8) is 0 Å². The predicted molar refractivity (Wildman–Crippen MR) is 50.7 cm³/mol. The lowest BCUT2D eigenvalue weighted by Crippen LogP contribution is -2.36. The largest absolute Gasteiger partial charge is 0.453 e. The fourth-order valence-electron chi connectivity index (χ4n) is 1.65. The summed E-state index contributed by atoms with van der Waals surface area (Å²) in [5.74, 6) is 0. The van der Waals surface area contributed by atoms with E-state index in [9.17, 15) is 4.79 Å². The summed E-state index contributed by atoms with van der Waals surface area (Å²) < 4.78 is 4.66. The average Bonchev–Trinajstić information content (AvgIpc) is 2.64. The number of carbonyl (C=O) groups is 1. The van der Waals surface area contributed by atoms with E-state index in [-0.39, 0.29) is 6.09 Å². The molecular formula is C9H18N2O2. The fraction of sp³-hybridized carbons (Fsp3) is 0.889. The maximum Gasteiger partial charge on any atom is 0.409 e. The van der Waals surface area contributed by atoms with Crippen molar-refractivity contribution in [3.05, 3.63) is 0 Å². The Hall–Kier alpha value is -0.770. The molecular weight excluding hydrogens is 168 g/mol. The third kappa shape index (κ3) is 2.34. The first-order chi connectivity index (χ1) is 6.19. The molecule has 0 aliphatic carbocycles. The predicted octanol–water partition coefficient (Wildman–Crippen LogP) is 0.779. The van der Waals surface area contributed by atoms with Crippen molar-refractivity contribution in [2.24, 2.45) is 0 Å². The Kier molecular flexibility index (Phi) is 3.54. The molecule has 76 valence electrons. The van der Waals surface area contributed by atoms with Crippen LogP contribution in [0.25, 0.3) is 0 Å². The van der Waals surface area contributed by atoms with Crippen LogP contribution in [0, 0.1) is 0 Å². The van der Waals surface area contributed by atoms with Crippen LogP contribution in [0.5, 0.6) is 0 Å². The van der Waals surface area contributed by atoms with Crippen LogP contribution in [0.3, 0.4) is 0 Å². The first kappa shape index (κ1) is 10.3. The molecule has 1 unspecified atom stereocenters. The molecule has 0 spiro atoms. The van der Waals surface area contributed by atoms with Gasteiger partial charge in [0.15, 0.2) is 0 Å². The molecule has 0 aromatic heterocycles. The number of methoxy groups -OCH3 is 1. The van der Waals surface area contributed by atoms with Crippen molar-refractivity contribution in [3.8, 4) is 0 Å². The van der Waals surface area contributed by atoms with Gasteiger partial charge < -0.3 is 14.5 Å². The lowest BCUT2D eigenvalue weighted by atomic mass is 10.2. The van der Waals surface area contributed by atoms with E-state index in [0.717, 1.165) is 26.1 Å². The highest BCUT2D eigenvalue weighted by Crippen LogP contribution is 2.14. The number of likely N-dealkylation sites (N-methyl/N-ethyl adjacent to an activating group) is 1. The van der Waals surface area contributed by atoms with E-state index in [4.69, 9.17) is 0 Å². The molecule has 4 heteroatoms. The van der Waals surface area contributed by atoms with Crippen molar-refractivity contribution < 1.29 is 9.53 Å². The quantitative estimate of drug-likeness (QED) is 0.639. The molecule has 0 aromatic carbocycles. The average molecular weight is 186 g/mol. The summed E-state index contributed by atoms with van der Waals surface area (Å²) in [6, 6.07) is 0.504. The molecule has 1 heterocycles. The van der Waals surface area contributed by atoms with Gasteiger partial charge in [-0.25, -0.2) is 4.79 Å². The lowest BCUT2D eigenvalue weighted by Gasteiger charge is -2.22. The molecule has 1 aliphatic heterocycles. The van der Waals surface area contributed by atoms with E-state index in [1.165, 1.54) is 7.11 Å². The van der Waals surface area contributed by atoms with E-state index in [1.54, 1.807) is 4.90 Å². The number of nitrogens with zero attached hydrogens (tertiary/aromatic N) is 2. The summed E-state index contributed by atoms with van der Waals surface area (Å²) in [5, 5.41) is 0. The van der Waals surface area contributed by atoms with Crippen LogP contribution in [-0.2, 0) is 4.74 Å². The summed E-state index contributed by atoms with van der Waals surface area (Å²) in [4.78, 5) is 15.2. The zero-order valence-corrected chi connectivity index (χ0v) is 8.62. The number of hydrogen-bond acceptors (Lipinski definition) is 3. The third-order valence-corrected chi connectivity index (χ3v) is 2.72. The Morgan fingerprint density at radius 1 is 1.69 bits per heavy atom. The molecule has 1 saturated heterocycles. The molecule has 13 heavy (non-hydrogen) atoms. The summed E-state index contributed by atoms with van der Waals surface area (Å²) in [5.41, 5.74) is 0. The van der Waals surface area contributed by atoms with Crippen molar-refractivity contribution >= 4 is 6.09 Å². The number of rotatable bonds is 2. The first-order valence-electron chi connectivity index (χ1n) is 4.72. The van der Waals surface area contributed by atoms with Gasteiger partial charge in [0.1, 0.15) is 0 Å². The highest BCUT2D eigenvalue weighted by molar-refractivity contribution is 5.67. The molecule has 0 radical (unpaired) electrons. The molecule has 1 atom stereocenters. The van der Waals surface area contributed by atoms with Crippen LogP contribution in [0.4, 0.5) is 4.79 Å². The van der Waals surface area contributed by atoms with Crippen LogP contribution in [0.15, 0.2) is 0 Å². The normalized spacial score (nSPS) is 22.5. The number of hydrogen-bond donors (Lipinski definition) is 0. The first-order valence-corrected chi connectivity index (χ1v) is 4.72. The maximum atomic E-state index is 11.2. The number of likely N-dealkylation sites (tertiary alicyclic amines) is 1. The van der Waals surface area contributed by atoms with Crippen molar-refractivity contribution in [2.45, 2.75) is 19.4 Å². The second-order valence-electron chi connectivity index (χ2n) is 3.43. The number of amides is 1. The smallest absolute Gasteiger partial charge is 0.409 e. The molecule has 1 fully saturated rings. The van der Waals surface area contributed by atoms with Crippen LogP contribution < -0.4 is 0 Å². The minimum Gasteiger partial charge on any atom is -0.453 e. The van der Waals surface area contributed by atoms with Crippen LogP contribution >= 0.6 is 0 Å². The molecule has 1 amide bonds. The van der Waals surface area contributed by atoms with Gasteiger partial charge in [0.05, 0.1) is 7.11 Å². The van der Waals surface area contributed by atoms with Gasteiger partial charge in [0.2, 0.25) is 0 Å². The summed E-state index contributed by atoms with van der Waals surface area (Å²) >= 11 is 0. The minimum absolute atomic E-state index is 0.202. The van der Waals surface area contributed by atoms with Gasteiger partial charge in [0, 0.05) is 19.1 Å². The van der Waals surface area contributed by atoms with E-state index in [1.807, 2.05) is 0 Å². The summed E-state index contributed by atoms with van der Waals surface area (Å²) in [7, 11) is 3.52. The van der Waals surface area contributed by atoms with E-state index in [0.29, 0.717) is 6.04 Å². The molecule has 0 aromatic rings. The monoisotopic (exact) mass is 186 g/mol. The van der Waals surface area contributed by atoms with Gasteiger partial charge in [-0.05, 0) is 20.0 Å². The topological polar surface area (TPSA) is 32.8 Å². The highest BCUT2D eigenvalue weighted by Gasteiger charge is 2.28. The van der Waals surface area contributed by atoms with Crippen molar-refractivity contribution in [1.82, 2.24) is 9.80 Å². The van der Waals surface area contributed by atoms with Crippen LogP contribution in [-0.4, -0.2) is 55.7 Å². The summed E-state index contributed by atoms with van der Waals surface area (Å²) in [6.07, 6.45) is 0.853. The zero-order chi connectivity index (χ0) is 9.84. The highest BCUT2D eigenvalue weighted by atomic mass is 16.5. The molecule has 1 aliphatic rings. The van der Waals surface area contributed by atoms with E-state index >= 15 is 0 Å².